The number of allylic oxidation sites excluding steroid dienone is 6. The van der Waals surface area contributed by atoms with Crippen molar-refractivity contribution in [1.29, 1.82) is 0 Å². The lowest BCUT2D eigenvalue weighted by molar-refractivity contribution is -0.870. The molecule has 0 aliphatic heterocycles. The summed E-state index contributed by atoms with van der Waals surface area (Å²) in [4.78, 5) is 37.3. The molecule has 9 heteroatoms. The van der Waals surface area contributed by atoms with Crippen LogP contribution in [0.4, 0.5) is 0 Å². The van der Waals surface area contributed by atoms with Crippen molar-refractivity contribution < 1.29 is 42.9 Å². The number of rotatable bonds is 53. The predicted octanol–water partition coefficient (Wildman–Crippen LogP) is 16.5. The van der Waals surface area contributed by atoms with E-state index in [0.717, 1.165) is 70.6 Å². The summed E-state index contributed by atoms with van der Waals surface area (Å²) in [6.45, 7) is 4.78. The molecule has 0 bridgehead atoms. The maximum Gasteiger partial charge on any atom is 0.361 e. The molecule has 0 radical (unpaired) electrons. The lowest BCUT2D eigenvalue weighted by Crippen LogP contribution is -2.40. The highest BCUT2D eigenvalue weighted by atomic mass is 16.7. The highest BCUT2D eigenvalue weighted by Crippen LogP contribution is 2.17. The minimum absolute atomic E-state index is 0.185. The molecular weight excluding hydrogens is 851 g/mol. The van der Waals surface area contributed by atoms with Crippen molar-refractivity contribution in [2.24, 2.45) is 0 Å². The molecule has 0 fully saturated rings. The summed E-state index contributed by atoms with van der Waals surface area (Å²) in [5.74, 6) is -2.02. The van der Waals surface area contributed by atoms with Crippen molar-refractivity contribution in [3.63, 3.8) is 0 Å². The van der Waals surface area contributed by atoms with Crippen LogP contribution in [0, 0.1) is 0 Å². The van der Waals surface area contributed by atoms with Crippen molar-refractivity contribution in [3.8, 4) is 0 Å². The second-order valence-corrected chi connectivity index (χ2v) is 20.6. The van der Waals surface area contributed by atoms with Crippen molar-refractivity contribution in [2.75, 3.05) is 47.5 Å². The van der Waals surface area contributed by atoms with E-state index < -0.39 is 24.3 Å². The zero-order chi connectivity index (χ0) is 49.9. The van der Waals surface area contributed by atoms with E-state index in [4.69, 9.17) is 18.9 Å². The summed E-state index contributed by atoms with van der Waals surface area (Å²) >= 11 is 0. The number of carboxylic acids is 1. The summed E-state index contributed by atoms with van der Waals surface area (Å²) in [6.07, 6.45) is 58.1. The van der Waals surface area contributed by atoms with Gasteiger partial charge < -0.3 is 28.5 Å². The van der Waals surface area contributed by atoms with E-state index in [-0.39, 0.29) is 32.2 Å². The zero-order valence-electron chi connectivity index (χ0n) is 45.3. The molecule has 398 valence electrons. The number of quaternary nitrogens is 1. The van der Waals surface area contributed by atoms with Gasteiger partial charge in [0.2, 0.25) is 0 Å². The first-order valence-electron chi connectivity index (χ1n) is 28.7. The van der Waals surface area contributed by atoms with Crippen LogP contribution in [-0.2, 0) is 33.3 Å². The fraction of sp³-hybridized carbons (Fsp3) is 0.847. The number of aliphatic carboxylic acids is 1. The molecule has 0 aliphatic rings. The lowest BCUT2D eigenvalue weighted by Gasteiger charge is -2.25. The second-order valence-electron chi connectivity index (χ2n) is 20.6. The minimum Gasteiger partial charge on any atom is -0.477 e. The number of unbranched alkanes of at least 4 members (excludes halogenated alkanes) is 32. The molecule has 0 heterocycles. The zero-order valence-corrected chi connectivity index (χ0v) is 45.3. The first kappa shape index (κ1) is 65.5. The third-order valence-electron chi connectivity index (χ3n) is 12.7. The summed E-state index contributed by atoms with van der Waals surface area (Å²) in [5, 5.41) is 9.68. The Kier molecular flexibility index (Phi) is 49.0. The van der Waals surface area contributed by atoms with Crippen molar-refractivity contribution in [2.45, 2.75) is 277 Å². The largest absolute Gasteiger partial charge is 0.477 e. The molecule has 0 aromatic carbocycles. The van der Waals surface area contributed by atoms with Crippen LogP contribution >= 0.6 is 0 Å². The van der Waals surface area contributed by atoms with Crippen molar-refractivity contribution in [3.05, 3.63) is 36.5 Å². The van der Waals surface area contributed by atoms with Gasteiger partial charge in [0.25, 0.3) is 6.29 Å². The Hall–Kier alpha value is -2.49. The predicted molar refractivity (Wildman–Crippen MR) is 286 cm³/mol. The highest BCUT2D eigenvalue weighted by Gasteiger charge is 2.25. The number of ether oxygens (including phenoxy) is 4. The van der Waals surface area contributed by atoms with Crippen LogP contribution in [0.2, 0.25) is 0 Å². The Labute approximate surface area is 420 Å². The van der Waals surface area contributed by atoms with E-state index in [9.17, 15) is 19.5 Å². The molecule has 2 unspecified atom stereocenters. The van der Waals surface area contributed by atoms with Crippen LogP contribution in [0.5, 0.6) is 0 Å². The van der Waals surface area contributed by atoms with Crippen molar-refractivity contribution in [1.82, 2.24) is 0 Å². The lowest BCUT2D eigenvalue weighted by atomic mass is 10.0. The third-order valence-corrected chi connectivity index (χ3v) is 12.7. The molecule has 0 aromatic heterocycles. The van der Waals surface area contributed by atoms with Gasteiger partial charge in [-0.05, 0) is 44.9 Å². The molecule has 68 heavy (non-hydrogen) atoms. The van der Waals surface area contributed by atoms with Gasteiger partial charge in [-0.2, -0.15) is 0 Å². The molecular formula is C59H110NO8+. The van der Waals surface area contributed by atoms with Gasteiger partial charge in [-0.25, -0.2) is 4.79 Å². The number of nitrogens with zero attached hydrogens (tertiary/aromatic N) is 1. The van der Waals surface area contributed by atoms with Gasteiger partial charge in [-0.3, -0.25) is 9.59 Å². The Morgan fingerprint density at radius 2 is 0.838 bits per heavy atom. The Morgan fingerprint density at radius 1 is 0.456 bits per heavy atom. The van der Waals surface area contributed by atoms with Gasteiger partial charge in [0, 0.05) is 12.8 Å². The average Bonchev–Trinajstić information content (AvgIpc) is 3.30. The Morgan fingerprint density at radius 3 is 1.25 bits per heavy atom. The fourth-order valence-corrected chi connectivity index (χ4v) is 8.27. The maximum atomic E-state index is 12.8. The topological polar surface area (TPSA) is 108 Å². The number of hydrogen-bond acceptors (Lipinski definition) is 7. The monoisotopic (exact) mass is 961 g/mol. The highest BCUT2D eigenvalue weighted by molar-refractivity contribution is 5.71. The van der Waals surface area contributed by atoms with Crippen LogP contribution in [0.3, 0.4) is 0 Å². The fourth-order valence-electron chi connectivity index (χ4n) is 8.27. The molecule has 0 saturated heterocycles. The first-order chi connectivity index (χ1) is 33.1. The van der Waals surface area contributed by atoms with E-state index in [1.165, 1.54) is 161 Å². The standard InChI is InChI=1S/C59H109NO8/c1-6-8-10-12-14-16-18-20-22-23-24-25-26-27-28-29-30-31-32-33-34-36-37-39-41-43-45-47-49-56(61)66-53-55(54-67-59(58(63)64)65-52-51-60(3,4)5)68-57(62)50-48-46-44-42-40-38-35-21-19-17-15-13-11-9-7-2/h9,11,15,17,21,35,55,59H,6-8,10,12-14,16,18-20,22-34,36-54H2,1-5H3/p+1/b11-9-,17-15-,35-21-. The molecule has 2 atom stereocenters. The summed E-state index contributed by atoms with van der Waals surface area (Å²) < 4.78 is 22.8. The van der Waals surface area contributed by atoms with E-state index in [1.54, 1.807) is 0 Å². The number of hydrogen-bond donors (Lipinski definition) is 1. The van der Waals surface area contributed by atoms with Crippen LogP contribution in [-0.4, -0.2) is 87.4 Å². The van der Waals surface area contributed by atoms with E-state index in [1.807, 2.05) is 21.1 Å². The van der Waals surface area contributed by atoms with Gasteiger partial charge in [0.15, 0.2) is 6.10 Å². The number of carbonyl (C=O) groups is 3. The third kappa shape index (κ3) is 51.4. The molecule has 0 rings (SSSR count). The van der Waals surface area contributed by atoms with Crippen LogP contribution < -0.4 is 0 Å². The average molecular weight is 962 g/mol. The summed E-state index contributed by atoms with van der Waals surface area (Å²) in [5.41, 5.74) is 0. The molecule has 0 saturated carbocycles. The van der Waals surface area contributed by atoms with E-state index >= 15 is 0 Å². The smallest absolute Gasteiger partial charge is 0.361 e. The quantitative estimate of drug-likeness (QED) is 0.0211. The van der Waals surface area contributed by atoms with Gasteiger partial charge in [-0.15, -0.1) is 0 Å². The molecule has 0 spiro atoms. The number of likely N-dealkylation sites (N-methyl/N-ethyl adjacent to an activating group) is 1. The van der Waals surface area contributed by atoms with Gasteiger partial charge >= 0.3 is 17.9 Å². The first-order valence-corrected chi connectivity index (χ1v) is 28.7. The van der Waals surface area contributed by atoms with Crippen molar-refractivity contribution >= 4 is 17.9 Å². The normalized spacial score (nSPS) is 13.0. The van der Waals surface area contributed by atoms with Gasteiger partial charge in [0.05, 0.1) is 34.4 Å². The molecule has 0 aliphatic carbocycles. The Bertz CT molecular complexity index is 1210. The Balaban J connectivity index is 4.13. The number of carboxylic acid groups (broad SMARTS) is 1. The van der Waals surface area contributed by atoms with Gasteiger partial charge in [-0.1, -0.05) is 243 Å². The SMILES string of the molecule is CC/C=C\C/C=C\C/C=C\CCCCCCCC(=O)OC(COC(=O)CCCCCCCCCCCCCCCCCCCCCCCCCCCCCC)COC(OCC[N+](C)(C)C)C(=O)O. The molecule has 9 nitrogen and oxygen atoms in total. The second kappa shape index (κ2) is 50.9. The van der Waals surface area contributed by atoms with E-state index in [0.29, 0.717) is 23.9 Å². The number of esters is 2. The molecule has 1 N–H and O–H groups in total. The van der Waals surface area contributed by atoms with Crippen LogP contribution in [0.15, 0.2) is 36.5 Å². The van der Waals surface area contributed by atoms with Crippen LogP contribution in [0.25, 0.3) is 0 Å². The van der Waals surface area contributed by atoms with E-state index in [2.05, 4.69) is 50.3 Å². The molecule has 0 aromatic rings. The number of carbonyl (C=O) groups excluding carboxylic acids is 2. The maximum absolute atomic E-state index is 12.8. The summed E-state index contributed by atoms with van der Waals surface area (Å²) in [6, 6.07) is 0. The molecule has 0 amide bonds. The minimum atomic E-state index is -1.51. The summed E-state index contributed by atoms with van der Waals surface area (Å²) in [7, 11) is 5.96. The van der Waals surface area contributed by atoms with Crippen LogP contribution in [0.1, 0.15) is 264 Å². The van der Waals surface area contributed by atoms with Gasteiger partial charge in [0.1, 0.15) is 13.2 Å².